The monoisotopic (exact) mass is 380 g/mol. The van der Waals surface area contributed by atoms with Crippen molar-refractivity contribution in [2.24, 2.45) is 11.8 Å². The Morgan fingerprint density at radius 1 is 1.14 bits per heavy atom. The van der Waals surface area contributed by atoms with Crippen LogP contribution in [0.1, 0.15) is 58.8 Å². The summed E-state index contributed by atoms with van der Waals surface area (Å²) in [6, 6.07) is 9.42. The Bertz CT molecular complexity index is 940. The molecule has 2 fully saturated rings. The molecular weight excluding hydrogens is 352 g/mol. The average molecular weight is 380 g/mol. The molecule has 2 heterocycles. The molecule has 0 radical (unpaired) electrons. The van der Waals surface area contributed by atoms with Crippen LogP contribution < -0.4 is 0 Å². The van der Waals surface area contributed by atoms with Crippen LogP contribution in [-0.2, 0) is 0 Å². The highest BCUT2D eigenvalue weighted by Crippen LogP contribution is 2.47. The molecule has 0 bridgehead atoms. The lowest BCUT2D eigenvalue weighted by Crippen LogP contribution is -2.40. The third kappa shape index (κ3) is 2.98. The van der Waals surface area contributed by atoms with Gasteiger partial charge in [-0.2, -0.15) is 0 Å². The maximum atomic E-state index is 13.0. The first-order chi connectivity index (χ1) is 13.2. The maximum Gasteiger partial charge on any atom is 0.253 e. The third-order valence-corrected chi connectivity index (χ3v) is 6.55. The molecule has 1 aromatic heterocycles. The highest BCUT2D eigenvalue weighted by atomic mass is 16.3. The number of benzene rings is 1. The molecule has 0 spiro atoms. The van der Waals surface area contributed by atoms with Crippen molar-refractivity contribution in [1.82, 2.24) is 9.47 Å². The number of carbonyl (C=O) groups excluding carboxylic acids is 2. The van der Waals surface area contributed by atoms with Crippen LogP contribution in [0.4, 0.5) is 0 Å². The summed E-state index contributed by atoms with van der Waals surface area (Å²) in [7, 11) is 0. The number of amides is 1. The van der Waals surface area contributed by atoms with Crippen molar-refractivity contribution >= 4 is 11.7 Å². The number of aryl methyl sites for hydroxylation is 1. The number of ketones is 1. The van der Waals surface area contributed by atoms with Crippen molar-refractivity contribution in [2.45, 2.75) is 46.1 Å². The van der Waals surface area contributed by atoms with E-state index in [-0.39, 0.29) is 17.6 Å². The zero-order chi connectivity index (χ0) is 20.2. The number of aromatic nitrogens is 1. The SMILES string of the molecule is CC(=O)c1cc(C)n(-c2ccc(C(=O)N3C[C@@H](C)[C@](O)(C4CC4)C3)cc2)c1C. The maximum absolute atomic E-state index is 13.0. The molecule has 2 aromatic rings. The summed E-state index contributed by atoms with van der Waals surface area (Å²) in [5.41, 5.74) is 3.46. The summed E-state index contributed by atoms with van der Waals surface area (Å²) in [5.74, 6) is 0.481. The lowest BCUT2D eigenvalue weighted by Gasteiger charge is -2.26. The van der Waals surface area contributed by atoms with Crippen molar-refractivity contribution < 1.29 is 14.7 Å². The van der Waals surface area contributed by atoms with Gasteiger partial charge in [0.1, 0.15) is 0 Å². The molecule has 5 nitrogen and oxygen atoms in total. The Hall–Kier alpha value is -2.40. The molecular formula is C23H28N2O3. The number of nitrogens with zero attached hydrogens (tertiary/aromatic N) is 2. The topological polar surface area (TPSA) is 62.5 Å². The number of Topliss-reactive ketones (excluding diaryl/α,β-unsaturated/α-hetero) is 1. The van der Waals surface area contributed by atoms with Gasteiger partial charge in [-0.15, -0.1) is 0 Å². The van der Waals surface area contributed by atoms with Crippen LogP contribution in [0.3, 0.4) is 0 Å². The number of rotatable bonds is 4. The van der Waals surface area contributed by atoms with E-state index in [0.29, 0.717) is 24.6 Å². The summed E-state index contributed by atoms with van der Waals surface area (Å²) in [6.45, 7) is 8.56. The lowest BCUT2D eigenvalue weighted by molar-refractivity contribution is -0.00364. The quantitative estimate of drug-likeness (QED) is 0.826. The van der Waals surface area contributed by atoms with Gasteiger partial charge in [-0.25, -0.2) is 0 Å². The van der Waals surface area contributed by atoms with Gasteiger partial charge in [-0.3, -0.25) is 9.59 Å². The number of likely N-dealkylation sites (tertiary alicyclic amines) is 1. The van der Waals surface area contributed by atoms with Crippen molar-refractivity contribution in [3.8, 4) is 5.69 Å². The molecule has 28 heavy (non-hydrogen) atoms. The molecule has 1 aromatic carbocycles. The normalized spacial score (nSPS) is 24.6. The van der Waals surface area contributed by atoms with Crippen molar-refractivity contribution in [2.75, 3.05) is 13.1 Å². The number of hydrogen-bond donors (Lipinski definition) is 1. The molecule has 1 saturated heterocycles. The third-order valence-electron chi connectivity index (χ3n) is 6.55. The molecule has 1 aliphatic heterocycles. The Morgan fingerprint density at radius 2 is 1.79 bits per heavy atom. The zero-order valence-corrected chi connectivity index (χ0v) is 17.0. The van der Waals surface area contributed by atoms with E-state index in [0.717, 1.165) is 35.5 Å². The van der Waals surface area contributed by atoms with Crippen LogP contribution in [0.25, 0.3) is 5.69 Å². The average Bonchev–Trinajstić information content (AvgIpc) is 3.41. The smallest absolute Gasteiger partial charge is 0.253 e. The van der Waals surface area contributed by atoms with Gasteiger partial charge in [0.15, 0.2) is 5.78 Å². The second-order valence-corrected chi connectivity index (χ2v) is 8.58. The fraction of sp³-hybridized carbons (Fsp3) is 0.478. The van der Waals surface area contributed by atoms with Gasteiger partial charge in [-0.1, -0.05) is 6.92 Å². The molecule has 1 saturated carbocycles. The highest BCUT2D eigenvalue weighted by Gasteiger charge is 2.53. The molecule has 2 atom stereocenters. The first-order valence-electron chi connectivity index (χ1n) is 10.0. The van der Waals surface area contributed by atoms with Gasteiger partial charge in [-0.05, 0) is 69.9 Å². The molecule has 1 aliphatic carbocycles. The molecule has 2 aliphatic rings. The van der Waals surface area contributed by atoms with Gasteiger partial charge >= 0.3 is 0 Å². The predicted molar refractivity (Wildman–Crippen MR) is 108 cm³/mol. The molecule has 5 heteroatoms. The second kappa shape index (κ2) is 6.59. The fourth-order valence-electron chi connectivity index (χ4n) is 4.74. The minimum absolute atomic E-state index is 0.0275. The van der Waals surface area contributed by atoms with E-state index in [4.69, 9.17) is 0 Å². The van der Waals surface area contributed by atoms with Gasteiger partial charge < -0.3 is 14.6 Å². The lowest BCUT2D eigenvalue weighted by atomic mass is 9.88. The van der Waals surface area contributed by atoms with E-state index < -0.39 is 5.60 Å². The number of hydrogen-bond acceptors (Lipinski definition) is 3. The van der Waals surface area contributed by atoms with Gasteiger partial charge in [0.05, 0.1) is 12.1 Å². The first kappa shape index (κ1) is 18.9. The van der Waals surface area contributed by atoms with Crippen LogP contribution in [-0.4, -0.2) is 45.0 Å². The fourth-order valence-corrected chi connectivity index (χ4v) is 4.74. The highest BCUT2D eigenvalue weighted by molar-refractivity contribution is 5.96. The Labute approximate surface area is 166 Å². The largest absolute Gasteiger partial charge is 0.387 e. The van der Waals surface area contributed by atoms with Crippen molar-refractivity contribution in [1.29, 1.82) is 0 Å². The molecule has 148 valence electrons. The van der Waals surface area contributed by atoms with E-state index in [1.54, 1.807) is 11.8 Å². The van der Waals surface area contributed by atoms with Crippen LogP contribution in [0.2, 0.25) is 0 Å². The van der Waals surface area contributed by atoms with E-state index in [1.807, 2.05) is 55.7 Å². The van der Waals surface area contributed by atoms with Crippen LogP contribution in [0.15, 0.2) is 30.3 Å². The minimum Gasteiger partial charge on any atom is -0.387 e. The Kier molecular flexibility index (Phi) is 4.46. The Morgan fingerprint density at radius 3 is 2.32 bits per heavy atom. The van der Waals surface area contributed by atoms with E-state index in [2.05, 4.69) is 0 Å². The summed E-state index contributed by atoms with van der Waals surface area (Å²) < 4.78 is 2.04. The van der Waals surface area contributed by atoms with Crippen LogP contribution in [0, 0.1) is 25.7 Å². The summed E-state index contributed by atoms with van der Waals surface area (Å²) in [6.07, 6.45) is 2.13. The summed E-state index contributed by atoms with van der Waals surface area (Å²) >= 11 is 0. The molecule has 0 unspecified atom stereocenters. The van der Waals surface area contributed by atoms with E-state index in [1.165, 1.54) is 0 Å². The predicted octanol–water partition coefficient (Wildman–Crippen LogP) is 3.53. The molecule has 1 amide bonds. The number of carbonyl (C=O) groups is 2. The van der Waals surface area contributed by atoms with Gasteiger partial charge in [0.25, 0.3) is 5.91 Å². The van der Waals surface area contributed by atoms with Crippen molar-refractivity contribution in [3.05, 3.63) is 52.8 Å². The van der Waals surface area contributed by atoms with E-state index >= 15 is 0 Å². The number of β-amino-alcohol motifs (C(OH)–C–C–N with tert-alkyl or cyclic N) is 1. The summed E-state index contributed by atoms with van der Waals surface area (Å²) in [4.78, 5) is 26.6. The zero-order valence-electron chi connectivity index (χ0n) is 17.0. The molecule has 4 rings (SSSR count). The number of aliphatic hydroxyl groups is 1. The Balaban J connectivity index is 1.56. The van der Waals surface area contributed by atoms with Gasteiger partial charge in [0, 0.05) is 40.7 Å². The summed E-state index contributed by atoms with van der Waals surface area (Å²) in [5, 5.41) is 10.9. The van der Waals surface area contributed by atoms with Crippen LogP contribution >= 0.6 is 0 Å². The van der Waals surface area contributed by atoms with E-state index in [9.17, 15) is 14.7 Å². The standard InChI is InChI=1S/C23H28N2O3/c1-14-12-24(13-23(14,28)19-7-8-19)22(27)18-5-9-20(10-6-18)25-15(2)11-21(16(25)3)17(4)26/h5-6,9-11,14,19,28H,7-8,12-13H2,1-4H3/t14-,23+/m1/s1. The minimum atomic E-state index is -0.724. The van der Waals surface area contributed by atoms with Gasteiger partial charge in [0.2, 0.25) is 0 Å². The first-order valence-corrected chi connectivity index (χ1v) is 10.0. The van der Waals surface area contributed by atoms with Crippen LogP contribution in [0.5, 0.6) is 0 Å². The second-order valence-electron chi connectivity index (χ2n) is 8.58. The van der Waals surface area contributed by atoms with Crippen molar-refractivity contribution in [3.63, 3.8) is 0 Å². The molecule has 1 N–H and O–H groups in total.